The summed E-state index contributed by atoms with van der Waals surface area (Å²) in [5.74, 6) is 0.628. The van der Waals surface area contributed by atoms with Crippen molar-refractivity contribution in [2.45, 2.75) is 52.4 Å². The van der Waals surface area contributed by atoms with Crippen LogP contribution in [0.15, 0.2) is 17.5 Å². The summed E-state index contributed by atoms with van der Waals surface area (Å²) in [7, 11) is 0. The predicted molar refractivity (Wildman–Crippen MR) is 71.2 cm³/mol. The van der Waals surface area contributed by atoms with Crippen molar-refractivity contribution in [1.29, 1.82) is 0 Å². The molecule has 0 radical (unpaired) electrons. The van der Waals surface area contributed by atoms with E-state index >= 15 is 0 Å². The molecule has 1 aromatic heterocycles. The number of hydrogen-bond donors (Lipinski definition) is 0. The number of ketones is 1. The van der Waals surface area contributed by atoms with E-state index in [1.807, 2.05) is 17.5 Å². The first kappa shape index (κ1) is 13.4. The van der Waals surface area contributed by atoms with E-state index in [2.05, 4.69) is 13.8 Å². The van der Waals surface area contributed by atoms with Crippen molar-refractivity contribution >= 4 is 17.1 Å². The van der Waals surface area contributed by atoms with Crippen LogP contribution < -0.4 is 0 Å². The lowest BCUT2D eigenvalue weighted by Crippen LogP contribution is -2.13. The second-order valence-electron chi connectivity index (χ2n) is 4.32. The number of unbranched alkanes of at least 4 members (excludes halogenated alkanes) is 2. The molecule has 0 spiro atoms. The van der Waals surface area contributed by atoms with Gasteiger partial charge in [0.15, 0.2) is 5.78 Å². The highest BCUT2D eigenvalue weighted by Gasteiger charge is 2.19. The summed E-state index contributed by atoms with van der Waals surface area (Å²) in [5.41, 5.74) is 0. The van der Waals surface area contributed by atoms with Crippen molar-refractivity contribution in [3.63, 3.8) is 0 Å². The lowest BCUT2D eigenvalue weighted by atomic mass is 9.92. The number of thiophene rings is 1. The van der Waals surface area contributed by atoms with Crippen LogP contribution in [0, 0.1) is 5.92 Å². The van der Waals surface area contributed by atoms with Crippen LogP contribution >= 0.6 is 11.3 Å². The smallest absolute Gasteiger partial charge is 0.175 e. The molecule has 0 N–H and O–H groups in total. The van der Waals surface area contributed by atoms with E-state index in [1.165, 1.54) is 19.3 Å². The molecule has 0 aliphatic rings. The zero-order valence-corrected chi connectivity index (χ0v) is 11.2. The molecule has 0 aliphatic heterocycles. The minimum atomic E-state index is 0.259. The molecule has 1 atom stereocenters. The number of carbonyl (C=O) groups is 1. The van der Waals surface area contributed by atoms with E-state index < -0.39 is 0 Å². The van der Waals surface area contributed by atoms with E-state index in [0.717, 1.165) is 24.1 Å². The zero-order valence-electron chi connectivity index (χ0n) is 10.4. The minimum Gasteiger partial charge on any atom is -0.293 e. The van der Waals surface area contributed by atoms with Crippen LogP contribution in [-0.2, 0) is 0 Å². The molecular formula is C14H22OS. The van der Waals surface area contributed by atoms with Crippen molar-refractivity contribution in [1.82, 2.24) is 0 Å². The standard InChI is InChI=1S/C14H22OS/c1-3-5-6-9-12(8-4-2)14(15)13-10-7-11-16-13/h7,10-12H,3-6,8-9H2,1-2H3. The highest BCUT2D eigenvalue weighted by molar-refractivity contribution is 7.12. The van der Waals surface area contributed by atoms with Gasteiger partial charge in [0.05, 0.1) is 4.88 Å². The Balaban J connectivity index is 2.52. The van der Waals surface area contributed by atoms with Gasteiger partial charge in [-0.3, -0.25) is 4.79 Å². The van der Waals surface area contributed by atoms with Crippen LogP contribution in [0.25, 0.3) is 0 Å². The number of hydrogen-bond acceptors (Lipinski definition) is 2. The lowest BCUT2D eigenvalue weighted by Gasteiger charge is -2.13. The predicted octanol–water partition coefficient (Wildman–Crippen LogP) is 4.93. The summed E-state index contributed by atoms with van der Waals surface area (Å²) in [6.07, 6.45) is 6.88. The molecular weight excluding hydrogens is 216 g/mol. The molecule has 0 amide bonds. The maximum absolute atomic E-state index is 12.2. The molecule has 1 heterocycles. The topological polar surface area (TPSA) is 17.1 Å². The van der Waals surface area contributed by atoms with Crippen LogP contribution in [0.1, 0.15) is 62.0 Å². The largest absolute Gasteiger partial charge is 0.293 e. The number of Topliss-reactive ketones (excluding diaryl/α,β-unsaturated/α-hetero) is 1. The Morgan fingerprint density at radius 2 is 2.06 bits per heavy atom. The summed E-state index contributed by atoms with van der Waals surface area (Å²) in [6, 6.07) is 3.92. The van der Waals surface area contributed by atoms with Gasteiger partial charge in [0.2, 0.25) is 0 Å². The van der Waals surface area contributed by atoms with Gasteiger partial charge in [-0.2, -0.15) is 0 Å². The van der Waals surface area contributed by atoms with E-state index in [1.54, 1.807) is 11.3 Å². The van der Waals surface area contributed by atoms with Gasteiger partial charge >= 0.3 is 0 Å². The highest BCUT2D eigenvalue weighted by Crippen LogP contribution is 2.23. The third kappa shape index (κ3) is 4.09. The fraction of sp³-hybridized carbons (Fsp3) is 0.643. The first-order valence-corrected chi connectivity index (χ1v) is 7.25. The van der Waals surface area contributed by atoms with Crippen molar-refractivity contribution in [2.24, 2.45) is 5.92 Å². The first-order valence-electron chi connectivity index (χ1n) is 6.37. The van der Waals surface area contributed by atoms with Crippen LogP contribution in [0.3, 0.4) is 0 Å². The molecule has 0 bridgehead atoms. The van der Waals surface area contributed by atoms with Crippen molar-refractivity contribution < 1.29 is 4.79 Å². The maximum atomic E-state index is 12.2. The Bertz CT molecular complexity index is 290. The summed E-state index contributed by atoms with van der Waals surface area (Å²) in [5, 5.41) is 1.99. The SMILES string of the molecule is CCCCCC(CCC)C(=O)c1cccs1. The second kappa shape index (κ2) is 7.61. The summed E-state index contributed by atoms with van der Waals surface area (Å²) >= 11 is 1.57. The average Bonchev–Trinajstić information content (AvgIpc) is 2.81. The minimum absolute atomic E-state index is 0.259. The van der Waals surface area contributed by atoms with Gasteiger partial charge in [0.25, 0.3) is 0 Å². The molecule has 16 heavy (non-hydrogen) atoms. The van der Waals surface area contributed by atoms with Gasteiger partial charge in [-0.25, -0.2) is 0 Å². The van der Waals surface area contributed by atoms with Gasteiger partial charge in [-0.1, -0.05) is 45.6 Å². The van der Waals surface area contributed by atoms with Gasteiger partial charge in [-0.05, 0) is 24.3 Å². The Kier molecular flexibility index (Phi) is 6.39. The highest BCUT2D eigenvalue weighted by atomic mass is 32.1. The molecule has 2 heteroatoms. The van der Waals surface area contributed by atoms with E-state index in [9.17, 15) is 4.79 Å². The molecule has 0 saturated carbocycles. The molecule has 0 saturated heterocycles. The van der Waals surface area contributed by atoms with E-state index in [4.69, 9.17) is 0 Å². The van der Waals surface area contributed by atoms with E-state index in [0.29, 0.717) is 5.78 Å². The van der Waals surface area contributed by atoms with Crippen molar-refractivity contribution in [3.8, 4) is 0 Å². The zero-order chi connectivity index (χ0) is 11.8. The molecule has 0 fully saturated rings. The Morgan fingerprint density at radius 1 is 1.25 bits per heavy atom. The molecule has 1 nitrogen and oxygen atoms in total. The number of carbonyl (C=O) groups excluding carboxylic acids is 1. The Morgan fingerprint density at radius 3 is 2.62 bits per heavy atom. The Hall–Kier alpha value is -0.630. The molecule has 1 aromatic rings. The molecule has 0 aromatic carbocycles. The third-order valence-corrected chi connectivity index (χ3v) is 3.81. The normalized spacial score (nSPS) is 12.6. The summed E-state index contributed by atoms with van der Waals surface area (Å²) in [4.78, 5) is 13.1. The lowest BCUT2D eigenvalue weighted by molar-refractivity contribution is 0.0907. The fourth-order valence-electron chi connectivity index (χ4n) is 2.02. The van der Waals surface area contributed by atoms with Crippen molar-refractivity contribution in [2.75, 3.05) is 0 Å². The Labute approximate surface area is 103 Å². The van der Waals surface area contributed by atoms with Gasteiger partial charge in [0, 0.05) is 5.92 Å². The fourth-order valence-corrected chi connectivity index (χ4v) is 2.76. The van der Waals surface area contributed by atoms with Gasteiger partial charge in [0.1, 0.15) is 0 Å². The quantitative estimate of drug-likeness (QED) is 0.463. The maximum Gasteiger partial charge on any atom is 0.175 e. The van der Waals surface area contributed by atoms with Crippen molar-refractivity contribution in [3.05, 3.63) is 22.4 Å². The van der Waals surface area contributed by atoms with Crippen LogP contribution in [-0.4, -0.2) is 5.78 Å². The van der Waals surface area contributed by atoms with Gasteiger partial charge < -0.3 is 0 Å². The molecule has 1 unspecified atom stereocenters. The van der Waals surface area contributed by atoms with E-state index in [-0.39, 0.29) is 5.92 Å². The van der Waals surface area contributed by atoms with Crippen LogP contribution in [0.4, 0.5) is 0 Å². The summed E-state index contributed by atoms with van der Waals surface area (Å²) < 4.78 is 0. The van der Waals surface area contributed by atoms with Crippen LogP contribution in [0.2, 0.25) is 0 Å². The average molecular weight is 238 g/mol. The second-order valence-corrected chi connectivity index (χ2v) is 5.27. The summed E-state index contributed by atoms with van der Waals surface area (Å²) in [6.45, 7) is 4.37. The van der Waals surface area contributed by atoms with Crippen LogP contribution in [0.5, 0.6) is 0 Å². The molecule has 90 valence electrons. The first-order chi connectivity index (χ1) is 7.79. The molecule has 0 aliphatic carbocycles. The van der Waals surface area contributed by atoms with Gasteiger partial charge in [-0.15, -0.1) is 11.3 Å². The third-order valence-electron chi connectivity index (χ3n) is 2.93. The number of rotatable bonds is 8. The monoisotopic (exact) mass is 238 g/mol. The molecule has 1 rings (SSSR count).